The van der Waals surface area contributed by atoms with Gasteiger partial charge in [-0.2, -0.15) is 0 Å². The molecule has 0 bridgehead atoms. The van der Waals surface area contributed by atoms with Gasteiger partial charge in [0.05, 0.1) is 18.2 Å². The Balaban J connectivity index is 1.71. The van der Waals surface area contributed by atoms with E-state index in [1.54, 1.807) is 11.8 Å². The van der Waals surface area contributed by atoms with E-state index in [2.05, 4.69) is 20.8 Å². The largest absolute Gasteiger partial charge is 0.482 e. The number of likely N-dealkylation sites (tertiary alicyclic amines) is 1. The van der Waals surface area contributed by atoms with E-state index in [9.17, 15) is 14.4 Å². The van der Waals surface area contributed by atoms with Crippen LogP contribution in [0.5, 0.6) is 5.75 Å². The highest BCUT2D eigenvalue weighted by molar-refractivity contribution is 6.02. The second-order valence-electron chi connectivity index (χ2n) is 8.60. The van der Waals surface area contributed by atoms with Crippen LogP contribution in [0.1, 0.15) is 52.5 Å². The molecular weight excluding hydrogens is 384 g/mol. The maximum atomic E-state index is 12.9. The van der Waals surface area contributed by atoms with Crippen LogP contribution >= 0.6 is 0 Å². The Kier molecular flexibility index (Phi) is 6.68. The summed E-state index contributed by atoms with van der Waals surface area (Å²) in [5.41, 5.74) is 1.72. The third kappa shape index (κ3) is 4.60. The number of benzene rings is 1. The van der Waals surface area contributed by atoms with Gasteiger partial charge in [0, 0.05) is 13.1 Å². The smallest absolute Gasteiger partial charge is 0.309 e. The second-order valence-corrected chi connectivity index (χ2v) is 8.60. The van der Waals surface area contributed by atoms with E-state index in [4.69, 9.17) is 9.47 Å². The van der Waals surface area contributed by atoms with Crippen molar-refractivity contribution in [2.45, 2.75) is 52.4 Å². The molecule has 0 spiro atoms. The monoisotopic (exact) mass is 416 g/mol. The number of fused-ring (bicyclic) bond motifs is 1. The fourth-order valence-corrected chi connectivity index (χ4v) is 3.86. The van der Waals surface area contributed by atoms with Gasteiger partial charge in [-0.1, -0.05) is 26.8 Å². The van der Waals surface area contributed by atoms with E-state index in [1.807, 2.05) is 18.2 Å². The van der Waals surface area contributed by atoms with Crippen LogP contribution in [0.2, 0.25) is 0 Å². The maximum Gasteiger partial charge on any atom is 0.309 e. The molecule has 1 saturated heterocycles. The van der Waals surface area contributed by atoms with Gasteiger partial charge in [0.25, 0.3) is 5.91 Å². The van der Waals surface area contributed by atoms with E-state index < -0.39 is 0 Å². The number of hydrogen-bond donors (Lipinski definition) is 0. The Morgan fingerprint density at radius 1 is 1.20 bits per heavy atom. The first-order valence-electron chi connectivity index (χ1n) is 10.8. The molecule has 7 nitrogen and oxygen atoms in total. The summed E-state index contributed by atoms with van der Waals surface area (Å²) in [7, 11) is 0. The summed E-state index contributed by atoms with van der Waals surface area (Å²) in [5.74, 6) is -0.0482. The number of piperidine rings is 1. The molecular formula is C23H32N2O5. The Bertz CT molecular complexity index is 812. The van der Waals surface area contributed by atoms with Crippen molar-refractivity contribution >= 4 is 23.5 Å². The predicted molar refractivity (Wildman–Crippen MR) is 114 cm³/mol. The van der Waals surface area contributed by atoms with Crippen molar-refractivity contribution in [2.75, 3.05) is 37.7 Å². The molecule has 2 heterocycles. The Hall–Kier alpha value is -2.57. The Labute approximate surface area is 178 Å². The number of hydrogen-bond acceptors (Lipinski definition) is 5. The summed E-state index contributed by atoms with van der Waals surface area (Å²) >= 11 is 0. The molecule has 1 fully saturated rings. The lowest BCUT2D eigenvalue weighted by Crippen LogP contribution is -2.49. The topological polar surface area (TPSA) is 76.2 Å². The summed E-state index contributed by atoms with van der Waals surface area (Å²) < 4.78 is 10.7. The minimum absolute atomic E-state index is 0.0186. The molecule has 0 radical (unpaired) electrons. The number of carbonyl (C=O) groups is 3. The van der Waals surface area contributed by atoms with Gasteiger partial charge in [0.2, 0.25) is 5.91 Å². The van der Waals surface area contributed by atoms with Gasteiger partial charge in [0.1, 0.15) is 12.3 Å². The van der Waals surface area contributed by atoms with Crippen LogP contribution in [-0.2, 0) is 24.5 Å². The normalized spacial score (nSPS) is 17.4. The molecule has 2 aliphatic rings. The highest BCUT2D eigenvalue weighted by Gasteiger charge is 2.33. The molecule has 1 aromatic carbocycles. The highest BCUT2D eigenvalue weighted by atomic mass is 16.5. The SMILES string of the molecule is CCOC(=O)C1CCN(C(=O)CN2C(=O)COc3ccc(C(C)(C)CC)cc32)CC1. The minimum atomic E-state index is -0.219. The summed E-state index contributed by atoms with van der Waals surface area (Å²) in [4.78, 5) is 40.7. The van der Waals surface area contributed by atoms with E-state index in [0.29, 0.717) is 44.0 Å². The van der Waals surface area contributed by atoms with Gasteiger partial charge in [-0.15, -0.1) is 0 Å². The highest BCUT2D eigenvalue weighted by Crippen LogP contribution is 2.37. The molecule has 0 N–H and O–H groups in total. The number of nitrogens with zero attached hydrogens (tertiary/aromatic N) is 2. The minimum Gasteiger partial charge on any atom is -0.482 e. The molecule has 0 aromatic heterocycles. The molecule has 3 rings (SSSR count). The number of esters is 1. The average Bonchev–Trinajstić information content (AvgIpc) is 2.75. The lowest BCUT2D eigenvalue weighted by Gasteiger charge is -2.35. The van der Waals surface area contributed by atoms with Crippen LogP contribution in [0.3, 0.4) is 0 Å². The molecule has 0 atom stereocenters. The van der Waals surface area contributed by atoms with Crippen molar-refractivity contribution in [3.63, 3.8) is 0 Å². The number of anilines is 1. The Morgan fingerprint density at radius 2 is 1.90 bits per heavy atom. The fraction of sp³-hybridized carbons (Fsp3) is 0.609. The van der Waals surface area contributed by atoms with Crippen molar-refractivity contribution in [3.8, 4) is 5.75 Å². The molecule has 164 valence electrons. The van der Waals surface area contributed by atoms with Crippen LogP contribution in [0.4, 0.5) is 5.69 Å². The van der Waals surface area contributed by atoms with Crippen LogP contribution in [0, 0.1) is 5.92 Å². The van der Waals surface area contributed by atoms with Crippen molar-refractivity contribution < 1.29 is 23.9 Å². The number of ether oxygens (including phenoxy) is 2. The van der Waals surface area contributed by atoms with Crippen molar-refractivity contribution in [3.05, 3.63) is 23.8 Å². The zero-order chi connectivity index (χ0) is 21.9. The first-order chi connectivity index (χ1) is 14.3. The van der Waals surface area contributed by atoms with Gasteiger partial charge >= 0.3 is 5.97 Å². The van der Waals surface area contributed by atoms with Crippen molar-refractivity contribution in [1.82, 2.24) is 4.90 Å². The molecule has 1 aromatic rings. The third-order valence-electron chi connectivity index (χ3n) is 6.33. The van der Waals surface area contributed by atoms with E-state index in [1.165, 1.54) is 4.90 Å². The lowest BCUT2D eigenvalue weighted by atomic mass is 9.82. The van der Waals surface area contributed by atoms with Crippen LogP contribution in [0.15, 0.2) is 18.2 Å². The van der Waals surface area contributed by atoms with Gasteiger partial charge in [0.15, 0.2) is 6.61 Å². The summed E-state index contributed by atoms with van der Waals surface area (Å²) in [5, 5.41) is 0. The van der Waals surface area contributed by atoms with Crippen molar-refractivity contribution in [2.24, 2.45) is 5.92 Å². The standard InChI is InChI=1S/C23H32N2O5/c1-5-23(3,4)17-7-8-19-18(13-17)25(21(27)15-30-19)14-20(26)24-11-9-16(10-12-24)22(28)29-6-2/h7-8,13,16H,5-6,9-12,14-15H2,1-4H3. The van der Waals surface area contributed by atoms with Gasteiger partial charge in [-0.05, 0) is 49.3 Å². The summed E-state index contributed by atoms with van der Waals surface area (Å²) in [6.45, 7) is 9.51. The zero-order valence-corrected chi connectivity index (χ0v) is 18.4. The number of rotatable bonds is 6. The molecule has 7 heteroatoms. The fourth-order valence-electron chi connectivity index (χ4n) is 3.86. The van der Waals surface area contributed by atoms with E-state index in [-0.39, 0.29) is 42.3 Å². The summed E-state index contributed by atoms with van der Waals surface area (Å²) in [6, 6.07) is 5.88. The molecule has 0 unspecified atom stereocenters. The summed E-state index contributed by atoms with van der Waals surface area (Å²) in [6.07, 6.45) is 2.13. The number of carbonyl (C=O) groups excluding carboxylic acids is 3. The molecule has 0 saturated carbocycles. The quantitative estimate of drug-likeness (QED) is 0.667. The van der Waals surface area contributed by atoms with Gasteiger partial charge < -0.3 is 14.4 Å². The molecule has 0 aliphatic carbocycles. The molecule has 2 aliphatic heterocycles. The number of amides is 2. The van der Waals surface area contributed by atoms with Gasteiger partial charge in [-0.25, -0.2) is 0 Å². The zero-order valence-electron chi connectivity index (χ0n) is 18.4. The van der Waals surface area contributed by atoms with Crippen LogP contribution in [0.25, 0.3) is 0 Å². The van der Waals surface area contributed by atoms with E-state index in [0.717, 1.165) is 12.0 Å². The molecule has 2 amide bonds. The molecule has 30 heavy (non-hydrogen) atoms. The lowest BCUT2D eigenvalue weighted by molar-refractivity contribution is -0.151. The van der Waals surface area contributed by atoms with Crippen LogP contribution < -0.4 is 9.64 Å². The Morgan fingerprint density at radius 3 is 2.53 bits per heavy atom. The van der Waals surface area contributed by atoms with Gasteiger partial charge in [-0.3, -0.25) is 19.3 Å². The first kappa shape index (κ1) is 22.1. The second kappa shape index (κ2) is 9.06. The van der Waals surface area contributed by atoms with Crippen LogP contribution in [-0.4, -0.2) is 55.5 Å². The average molecular weight is 417 g/mol. The first-order valence-corrected chi connectivity index (χ1v) is 10.8. The van der Waals surface area contributed by atoms with E-state index >= 15 is 0 Å². The maximum absolute atomic E-state index is 12.9. The predicted octanol–water partition coefficient (Wildman–Crippen LogP) is 2.90. The van der Waals surface area contributed by atoms with Crippen molar-refractivity contribution in [1.29, 1.82) is 0 Å². The third-order valence-corrected chi connectivity index (χ3v) is 6.33.